The second kappa shape index (κ2) is 5.89. The summed E-state index contributed by atoms with van der Waals surface area (Å²) in [6, 6.07) is 0. The zero-order chi connectivity index (χ0) is 19.6. The van der Waals surface area contributed by atoms with Gasteiger partial charge >= 0.3 is 0 Å². The van der Waals surface area contributed by atoms with Gasteiger partial charge in [-0.05, 0) is 12.3 Å². The highest BCUT2D eigenvalue weighted by Crippen LogP contribution is 2.52. The Morgan fingerprint density at radius 2 is 2.19 bits per heavy atom. The van der Waals surface area contributed by atoms with Gasteiger partial charge in [-0.1, -0.05) is 38.1 Å². The van der Waals surface area contributed by atoms with E-state index in [9.17, 15) is 9.59 Å². The predicted octanol–water partition coefficient (Wildman–Crippen LogP) is 1.16. The zero-order valence-corrected chi connectivity index (χ0v) is 16.4. The summed E-state index contributed by atoms with van der Waals surface area (Å²) in [5.41, 5.74) is -0.686. The van der Waals surface area contributed by atoms with Crippen LogP contribution in [0.25, 0.3) is 0 Å². The number of nitrogens with zero attached hydrogens (tertiary/aromatic N) is 4. The number of carbonyl (C=O) groups is 2. The highest BCUT2D eigenvalue weighted by Gasteiger charge is 2.67. The van der Waals surface area contributed by atoms with Crippen LogP contribution in [0.1, 0.15) is 32.5 Å². The topological polar surface area (TPSA) is 88.8 Å². The molecule has 2 amide bonds. The molecule has 4 rings (SSSR count). The maximum atomic E-state index is 13.2. The number of fused-ring (bicyclic) bond motifs is 1. The summed E-state index contributed by atoms with van der Waals surface area (Å²) in [7, 11) is 1.69. The van der Waals surface area contributed by atoms with Crippen LogP contribution in [-0.2, 0) is 20.9 Å². The van der Waals surface area contributed by atoms with Crippen LogP contribution < -0.4 is 0 Å². The third kappa shape index (κ3) is 2.96. The van der Waals surface area contributed by atoms with Crippen LogP contribution in [0.2, 0.25) is 0 Å². The van der Waals surface area contributed by atoms with E-state index in [0.717, 1.165) is 0 Å². The van der Waals surface area contributed by atoms with Crippen LogP contribution >= 0.6 is 0 Å². The molecule has 0 saturated carbocycles. The number of amides is 2. The van der Waals surface area contributed by atoms with Crippen molar-refractivity contribution >= 4 is 11.8 Å². The van der Waals surface area contributed by atoms with E-state index in [4.69, 9.17) is 9.26 Å². The number of aromatic nitrogens is 2. The summed E-state index contributed by atoms with van der Waals surface area (Å²) >= 11 is 0. The third-order valence-electron chi connectivity index (χ3n) is 5.45. The van der Waals surface area contributed by atoms with E-state index in [2.05, 4.69) is 30.9 Å². The van der Waals surface area contributed by atoms with Crippen LogP contribution in [-0.4, -0.2) is 63.6 Å². The Kier molecular flexibility index (Phi) is 3.96. The quantitative estimate of drug-likeness (QED) is 0.735. The van der Waals surface area contributed by atoms with Gasteiger partial charge in [0.1, 0.15) is 5.60 Å². The van der Waals surface area contributed by atoms with Gasteiger partial charge in [-0.3, -0.25) is 9.59 Å². The van der Waals surface area contributed by atoms with E-state index in [1.54, 1.807) is 18.9 Å². The molecule has 0 unspecified atom stereocenters. The molecular weight excluding hydrogens is 348 g/mol. The Morgan fingerprint density at radius 1 is 1.44 bits per heavy atom. The molecule has 3 aliphatic rings. The summed E-state index contributed by atoms with van der Waals surface area (Å²) in [4.78, 5) is 33.9. The average molecular weight is 374 g/mol. The zero-order valence-electron chi connectivity index (χ0n) is 16.4. The van der Waals surface area contributed by atoms with Crippen molar-refractivity contribution in [1.29, 1.82) is 0 Å². The van der Waals surface area contributed by atoms with Gasteiger partial charge < -0.3 is 19.1 Å². The molecule has 0 radical (unpaired) electrons. The van der Waals surface area contributed by atoms with E-state index in [-0.39, 0.29) is 29.9 Å². The van der Waals surface area contributed by atoms with E-state index in [1.165, 1.54) is 0 Å². The van der Waals surface area contributed by atoms with Gasteiger partial charge in [0.25, 0.3) is 0 Å². The molecule has 146 valence electrons. The van der Waals surface area contributed by atoms with Crippen molar-refractivity contribution in [3.05, 3.63) is 23.9 Å². The summed E-state index contributed by atoms with van der Waals surface area (Å²) < 4.78 is 11.3. The van der Waals surface area contributed by atoms with Crippen molar-refractivity contribution in [2.45, 2.75) is 45.9 Å². The van der Waals surface area contributed by atoms with Crippen molar-refractivity contribution in [2.24, 2.45) is 17.3 Å². The molecule has 1 spiro atoms. The lowest BCUT2D eigenvalue weighted by atomic mass is 9.76. The predicted molar refractivity (Wildman–Crippen MR) is 95.3 cm³/mol. The van der Waals surface area contributed by atoms with Crippen molar-refractivity contribution in [1.82, 2.24) is 19.9 Å². The largest absolute Gasteiger partial charge is 0.360 e. The normalized spacial score (nSPS) is 31.7. The summed E-state index contributed by atoms with van der Waals surface area (Å²) in [6.45, 7) is 9.40. The fourth-order valence-corrected chi connectivity index (χ4v) is 4.51. The molecule has 0 aliphatic carbocycles. The molecule has 8 nitrogen and oxygen atoms in total. The number of rotatable bonds is 4. The number of hydrogen-bond donors (Lipinski definition) is 0. The lowest BCUT2D eigenvalue weighted by molar-refractivity contribution is -0.143. The molecule has 4 atom stereocenters. The Labute approximate surface area is 158 Å². The Hall–Kier alpha value is -2.22. The van der Waals surface area contributed by atoms with Crippen LogP contribution in [0.15, 0.2) is 16.7 Å². The highest BCUT2D eigenvalue weighted by molar-refractivity contribution is 5.93. The number of hydrogen-bond acceptors (Lipinski definition) is 6. The first-order chi connectivity index (χ1) is 12.6. The first kappa shape index (κ1) is 18.2. The lowest BCUT2D eigenvalue weighted by Gasteiger charge is -2.29. The molecule has 8 heteroatoms. The molecule has 1 aromatic heterocycles. The SMILES string of the molecule is Cc1noc(CN(C)C(=O)[C@@H]2[C@@H]3C=C[C@@]4(CN(CC(C)(C)C)C(=O)[C@@H]24)O3)n1. The summed E-state index contributed by atoms with van der Waals surface area (Å²) in [5, 5.41) is 3.75. The third-order valence-corrected chi connectivity index (χ3v) is 5.45. The Bertz CT molecular complexity index is 811. The second-order valence-corrected chi connectivity index (χ2v) is 9.08. The molecule has 2 saturated heterocycles. The first-order valence-electron chi connectivity index (χ1n) is 9.30. The standard InChI is InChI=1S/C19H26N4O4/c1-11-20-13(27-21-11)8-22(5)16(24)14-12-6-7-19(26-12)10-23(9-18(2,3)4)17(25)15(14)19/h6-7,12,14-15H,8-10H2,1-5H3/t12-,14+,15+,19-/m0/s1. The minimum Gasteiger partial charge on any atom is -0.360 e. The molecule has 4 heterocycles. The number of aryl methyl sites for hydroxylation is 1. The number of carbonyl (C=O) groups excluding carboxylic acids is 2. The van der Waals surface area contributed by atoms with E-state index in [1.807, 2.05) is 17.1 Å². The fraction of sp³-hybridized carbons (Fsp3) is 0.684. The van der Waals surface area contributed by atoms with Crippen LogP contribution in [0, 0.1) is 24.2 Å². The molecule has 27 heavy (non-hydrogen) atoms. The monoisotopic (exact) mass is 374 g/mol. The smallest absolute Gasteiger partial charge is 0.246 e. The highest BCUT2D eigenvalue weighted by atomic mass is 16.5. The van der Waals surface area contributed by atoms with Gasteiger partial charge in [-0.25, -0.2) is 0 Å². The van der Waals surface area contributed by atoms with Gasteiger partial charge in [-0.15, -0.1) is 0 Å². The minimum absolute atomic E-state index is 0.0113. The Balaban J connectivity index is 1.54. The van der Waals surface area contributed by atoms with Crippen LogP contribution in [0.5, 0.6) is 0 Å². The molecule has 2 fully saturated rings. The van der Waals surface area contributed by atoms with Gasteiger partial charge in [0.2, 0.25) is 17.7 Å². The molecule has 0 aromatic carbocycles. The van der Waals surface area contributed by atoms with E-state index < -0.39 is 17.4 Å². The van der Waals surface area contributed by atoms with Gasteiger partial charge in [0, 0.05) is 13.6 Å². The molecular formula is C19H26N4O4. The Morgan fingerprint density at radius 3 is 2.81 bits per heavy atom. The number of ether oxygens (including phenoxy) is 1. The fourth-order valence-electron chi connectivity index (χ4n) is 4.51. The van der Waals surface area contributed by atoms with Gasteiger partial charge in [0.15, 0.2) is 5.82 Å². The van der Waals surface area contributed by atoms with Gasteiger partial charge in [-0.2, -0.15) is 4.98 Å². The van der Waals surface area contributed by atoms with Crippen molar-refractivity contribution in [3.8, 4) is 0 Å². The molecule has 3 aliphatic heterocycles. The second-order valence-electron chi connectivity index (χ2n) is 9.08. The molecule has 1 aromatic rings. The van der Waals surface area contributed by atoms with E-state index >= 15 is 0 Å². The van der Waals surface area contributed by atoms with Crippen molar-refractivity contribution in [3.63, 3.8) is 0 Å². The minimum atomic E-state index is -0.671. The molecule has 0 N–H and O–H groups in total. The number of likely N-dealkylation sites (tertiary alicyclic amines) is 1. The maximum Gasteiger partial charge on any atom is 0.246 e. The molecule has 2 bridgehead atoms. The van der Waals surface area contributed by atoms with Crippen molar-refractivity contribution < 1.29 is 18.8 Å². The van der Waals surface area contributed by atoms with Crippen LogP contribution in [0.4, 0.5) is 0 Å². The summed E-state index contributed by atoms with van der Waals surface area (Å²) in [5.74, 6) is -0.185. The van der Waals surface area contributed by atoms with E-state index in [0.29, 0.717) is 24.8 Å². The summed E-state index contributed by atoms with van der Waals surface area (Å²) in [6.07, 6.45) is 3.56. The maximum absolute atomic E-state index is 13.2. The van der Waals surface area contributed by atoms with Crippen LogP contribution in [0.3, 0.4) is 0 Å². The van der Waals surface area contributed by atoms with Gasteiger partial charge in [0.05, 0.1) is 31.0 Å². The average Bonchev–Trinajstić information content (AvgIpc) is 3.28. The first-order valence-corrected chi connectivity index (χ1v) is 9.30. The van der Waals surface area contributed by atoms with Crippen molar-refractivity contribution in [2.75, 3.05) is 20.1 Å². The lowest BCUT2D eigenvalue weighted by Crippen LogP contribution is -2.45.